The summed E-state index contributed by atoms with van der Waals surface area (Å²) in [5.74, 6) is 0.535. The second-order valence-corrected chi connectivity index (χ2v) is 8.61. The standard InChI is InChI=1S/C20H23ClFN7O2S/c1-31-16-8-14(9-24-18(16)21)29-6-3-15-17(11-29)32-20(26-15)27-19(30)23-5-2-13-10-28(7-4-22)12-25-13/h8-10,12H,2-7,11H2,1H3,(H2,23,26,27,30). The highest BCUT2D eigenvalue weighted by molar-refractivity contribution is 7.15. The molecule has 0 saturated carbocycles. The van der Waals surface area contributed by atoms with E-state index >= 15 is 0 Å². The van der Waals surface area contributed by atoms with Crippen LogP contribution in [0.4, 0.5) is 20.0 Å². The molecule has 1 aliphatic rings. The Kier molecular flexibility index (Phi) is 7.05. The first-order chi connectivity index (χ1) is 15.6. The van der Waals surface area contributed by atoms with Crippen LogP contribution in [0.2, 0.25) is 5.15 Å². The van der Waals surface area contributed by atoms with Gasteiger partial charge in [-0.3, -0.25) is 5.32 Å². The molecule has 1 aliphatic heterocycles. The zero-order valence-electron chi connectivity index (χ0n) is 17.5. The Hall–Kier alpha value is -2.92. The third kappa shape index (κ3) is 5.28. The predicted molar refractivity (Wildman–Crippen MR) is 122 cm³/mol. The first kappa shape index (κ1) is 22.3. The lowest BCUT2D eigenvalue weighted by molar-refractivity contribution is 0.252. The minimum absolute atomic E-state index is 0.287. The van der Waals surface area contributed by atoms with Crippen molar-refractivity contribution in [3.63, 3.8) is 0 Å². The van der Waals surface area contributed by atoms with Crippen molar-refractivity contribution in [2.45, 2.75) is 25.9 Å². The van der Waals surface area contributed by atoms with Crippen LogP contribution in [-0.2, 0) is 25.9 Å². The molecule has 2 amide bonds. The Labute approximate surface area is 193 Å². The molecule has 3 aromatic heterocycles. The fraction of sp³-hybridized carbons (Fsp3) is 0.400. The molecule has 0 radical (unpaired) electrons. The number of nitrogens with one attached hydrogen (secondary N) is 2. The summed E-state index contributed by atoms with van der Waals surface area (Å²) in [5, 5.41) is 6.50. The minimum Gasteiger partial charge on any atom is -0.493 e. The van der Waals surface area contributed by atoms with Crippen molar-refractivity contribution in [1.82, 2.24) is 24.8 Å². The van der Waals surface area contributed by atoms with E-state index in [1.54, 1.807) is 30.4 Å². The average molecular weight is 480 g/mol. The lowest BCUT2D eigenvalue weighted by atomic mass is 10.1. The van der Waals surface area contributed by atoms with Crippen LogP contribution in [0, 0.1) is 0 Å². The van der Waals surface area contributed by atoms with E-state index in [2.05, 4.69) is 30.5 Å². The fourth-order valence-corrected chi connectivity index (χ4v) is 4.60. The van der Waals surface area contributed by atoms with Gasteiger partial charge in [-0.1, -0.05) is 22.9 Å². The summed E-state index contributed by atoms with van der Waals surface area (Å²) in [7, 11) is 1.56. The van der Waals surface area contributed by atoms with Crippen LogP contribution in [-0.4, -0.2) is 52.4 Å². The highest BCUT2D eigenvalue weighted by Crippen LogP contribution is 2.33. The van der Waals surface area contributed by atoms with Crippen LogP contribution in [0.5, 0.6) is 5.75 Å². The number of alkyl halides is 1. The number of aromatic nitrogens is 4. The van der Waals surface area contributed by atoms with Gasteiger partial charge in [-0.25, -0.2) is 24.1 Å². The van der Waals surface area contributed by atoms with E-state index in [-0.39, 0.29) is 12.6 Å². The van der Waals surface area contributed by atoms with Crippen LogP contribution in [0.1, 0.15) is 16.3 Å². The van der Waals surface area contributed by atoms with Crippen LogP contribution < -0.4 is 20.3 Å². The van der Waals surface area contributed by atoms with Crippen molar-refractivity contribution in [3.8, 4) is 5.75 Å². The van der Waals surface area contributed by atoms with Crippen LogP contribution in [0.15, 0.2) is 24.8 Å². The van der Waals surface area contributed by atoms with Gasteiger partial charge in [-0.2, -0.15) is 0 Å². The number of carbonyl (C=O) groups excluding carboxylic acids is 1. The molecule has 12 heteroatoms. The van der Waals surface area contributed by atoms with Gasteiger partial charge in [0.15, 0.2) is 16.0 Å². The molecule has 32 heavy (non-hydrogen) atoms. The van der Waals surface area contributed by atoms with Gasteiger partial charge in [0, 0.05) is 43.1 Å². The molecular weight excluding hydrogens is 457 g/mol. The molecule has 2 N–H and O–H groups in total. The Bertz CT molecular complexity index is 1090. The third-order valence-electron chi connectivity index (χ3n) is 5.03. The topological polar surface area (TPSA) is 97.2 Å². The normalized spacial score (nSPS) is 13.0. The predicted octanol–water partition coefficient (Wildman–Crippen LogP) is 3.29. The SMILES string of the molecule is COc1cc(N2CCc3nc(NC(=O)NCCc4cn(CCF)cn4)sc3C2)cnc1Cl. The van der Waals surface area contributed by atoms with Gasteiger partial charge in [0.1, 0.15) is 6.67 Å². The molecule has 0 saturated heterocycles. The van der Waals surface area contributed by atoms with Gasteiger partial charge in [0.25, 0.3) is 0 Å². The van der Waals surface area contributed by atoms with Gasteiger partial charge in [-0.05, 0) is 0 Å². The average Bonchev–Trinajstić information content (AvgIpc) is 3.40. The zero-order chi connectivity index (χ0) is 22.5. The Morgan fingerprint density at radius 2 is 2.28 bits per heavy atom. The quantitative estimate of drug-likeness (QED) is 0.481. The van der Waals surface area contributed by atoms with E-state index in [0.717, 1.165) is 34.9 Å². The maximum atomic E-state index is 12.4. The van der Waals surface area contributed by atoms with E-state index in [4.69, 9.17) is 16.3 Å². The number of halogens is 2. The summed E-state index contributed by atoms with van der Waals surface area (Å²) in [6.45, 7) is 1.73. The molecule has 4 heterocycles. The summed E-state index contributed by atoms with van der Waals surface area (Å²) < 4.78 is 19.3. The number of amides is 2. The molecule has 0 bridgehead atoms. The Morgan fingerprint density at radius 1 is 1.41 bits per heavy atom. The van der Waals surface area contributed by atoms with Crippen molar-refractivity contribution >= 4 is 39.8 Å². The smallest absolute Gasteiger partial charge is 0.321 e. The molecule has 0 atom stereocenters. The number of rotatable bonds is 8. The lowest BCUT2D eigenvalue weighted by Gasteiger charge is -2.28. The number of hydrogen-bond acceptors (Lipinski definition) is 7. The number of nitrogens with zero attached hydrogens (tertiary/aromatic N) is 5. The molecule has 170 valence electrons. The number of carbonyl (C=O) groups is 1. The molecular formula is C20H23ClFN7O2S. The van der Waals surface area contributed by atoms with E-state index in [1.165, 1.54) is 11.3 Å². The maximum Gasteiger partial charge on any atom is 0.321 e. The summed E-state index contributed by atoms with van der Waals surface area (Å²) >= 11 is 7.49. The summed E-state index contributed by atoms with van der Waals surface area (Å²) in [4.78, 5) is 28.5. The molecule has 0 fully saturated rings. The molecule has 9 nitrogen and oxygen atoms in total. The number of imidazole rings is 1. The van der Waals surface area contributed by atoms with E-state index in [0.29, 0.717) is 35.5 Å². The molecule has 0 spiro atoms. The van der Waals surface area contributed by atoms with Gasteiger partial charge >= 0.3 is 6.03 Å². The number of fused-ring (bicyclic) bond motifs is 1. The van der Waals surface area contributed by atoms with E-state index in [1.807, 2.05) is 6.07 Å². The number of anilines is 2. The first-order valence-electron chi connectivity index (χ1n) is 10.1. The number of hydrogen-bond donors (Lipinski definition) is 2. The van der Waals surface area contributed by atoms with Crippen LogP contribution >= 0.6 is 22.9 Å². The second-order valence-electron chi connectivity index (χ2n) is 7.17. The number of urea groups is 1. The Balaban J connectivity index is 1.30. The second kappa shape index (κ2) is 10.1. The van der Waals surface area contributed by atoms with Gasteiger partial charge in [-0.15, -0.1) is 0 Å². The molecule has 0 aromatic carbocycles. The molecule has 0 unspecified atom stereocenters. The minimum atomic E-state index is -0.434. The number of aryl methyl sites for hydroxylation is 1. The molecule has 4 rings (SSSR count). The van der Waals surface area contributed by atoms with Gasteiger partial charge < -0.3 is 19.5 Å². The van der Waals surface area contributed by atoms with Crippen molar-refractivity contribution in [1.29, 1.82) is 0 Å². The van der Waals surface area contributed by atoms with Crippen molar-refractivity contribution in [3.05, 3.63) is 46.2 Å². The van der Waals surface area contributed by atoms with Crippen LogP contribution in [0.25, 0.3) is 0 Å². The monoisotopic (exact) mass is 479 g/mol. The fourth-order valence-electron chi connectivity index (χ4n) is 3.40. The zero-order valence-corrected chi connectivity index (χ0v) is 19.0. The lowest BCUT2D eigenvalue weighted by Crippen LogP contribution is -2.30. The first-order valence-corrected chi connectivity index (χ1v) is 11.3. The van der Waals surface area contributed by atoms with E-state index in [9.17, 15) is 9.18 Å². The summed E-state index contributed by atoms with van der Waals surface area (Å²) in [5.41, 5.74) is 2.72. The Morgan fingerprint density at radius 3 is 3.09 bits per heavy atom. The van der Waals surface area contributed by atoms with Crippen molar-refractivity contribution in [2.24, 2.45) is 0 Å². The van der Waals surface area contributed by atoms with Crippen molar-refractivity contribution < 1.29 is 13.9 Å². The third-order valence-corrected chi connectivity index (χ3v) is 6.31. The van der Waals surface area contributed by atoms with E-state index < -0.39 is 6.67 Å². The summed E-state index contributed by atoms with van der Waals surface area (Å²) in [6.07, 6.45) is 6.43. The van der Waals surface area contributed by atoms with Gasteiger partial charge in [0.05, 0.1) is 49.8 Å². The number of pyridine rings is 1. The molecule has 3 aromatic rings. The van der Waals surface area contributed by atoms with Crippen molar-refractivity contribution in [2.75, 3.05) is 37.1 Å². The number of thiazole rings is 1. The highest BCUT2D eigenvalue weighted by atomic mass is 35.5. The van der Waals surface area contributed by atoms with Gasteiger partial charge in [0.2, 0.25) is 0 Å². The molecule has 0 aliphatic carbocycles. The summed E-state index contributed by atoms with van der Waals surface area (Å²) in [6, 6.07) is 1.55. The van der Waals surface area contributed by atoms with Crippen LogP contribution in [0.3, 0.4) is 0 Å². The maximum absolute atomic E-state index is 12.4. The largest absolute Gasteiger partial charge is 0.493 e. The number of methoxy groups -OCH3 is 1. The highest BCUT2D eigenvalue weighted by Gasteiger charge is 2.22. The number of ether oxygens (including phenoxy) is 1.